The highest BCUT2D eigenvalue weighted by molar-refractivity contribution is 6.35. The quantitative estimate of drug-likeness (QED) is 0.882. The summed E-state index contributed by atoms with van der Waals surface area (Å²) in [6.45, 7) is -0.232. The number of rotatable bonds is 5. The first-order chi connectivity index (χ1) is 9.58. The Morgan fingerprint density at radius 1 is 1.45 bits per heavy atom. The molecular formula is C11H10Cl2N4O3. The number of nitrogens with one attached hydrogen (secondary N) is 2. The van der Waals surface area contributed by atoms with Crippen molar-refractivity contribution >= 4 is 35.1 Å². The zero-order valence-corrected chi connectivity index (χ0v) is 11.8. The number of benzene rings is 1. The van der Waals surface area contributed by atoms with Gasteiger partial charge in [0.05, 0.1) is 12.1 Å². The fourth-order valence-corrected chi connectivity index (χ4v) is 1.76. The molecule has 0 saturated carbocycles. The zero-order chi connectivity index (χ0) is 14.5. The van der Waals surface area contributed by atoms with Gasteiger partial charge in [0.1, 0.15) is 5.75 Å². The largest absolute Gasteiger partial charge is 0.482 e. The van der Waals surface area contributed by atoms with Crippen LogP contribution in [-0.4, -0.2) is 34.8 Å². The van der Waals surface area contributed by atoms with Gasteiger partial charge >= 0.3 is 6.01 Å². The van der Waals surface area contributed by atoms with Crippen molar-refractivity contribution in [2.75, 3.05) is 19.0 Å². The maximum atomic E-state index is 11.6. The first kappa shape index (κ1) is 14.4. The summed E-state index contributed by atoms with van der Waals surface area (Å²) in [5.74, 6) is 0.105. The molecule has 0 saturated heterocycles. The fraction of sp³-hybridized carbons (Fsp3) is 0.182. The third-order valence-electron chi connectivity index (χ3n) is 2.16. The molecule has 20 heavy (non-hydrogen) atoms. The lowest BCUT2D eigenvalue weighted by Gasteiger charge is -2.07. The number of carbonyl (C=O) groups is 1. The van der Waals surface area contributed by atoms with Gasteiger partial charge in [-0.15, -0.1) is 5.10 Å². The van der Waals surface area contributed by atoms with Crippen LogP contribution in [0.5, 0.6) is 11.8 Å². The first-order valence-corrected chi connectivity index (χ1v) is 6.18. The van der Waals surface area contributed by atoms with E-state index in [0.717, 1.165) is 0 Å². The third-order valence-corrected chi connectivity index (χ3v) is 2.69. The molecule has 0 bridgehead atoms. The third kappa shape index (κ3) is 3.75. The van der Waals surface area contributed by atoms with E-state index in [-0.39, 0.29) is 18.6 Å². The average molecular weight is 317 g/mol. The molecule has 7 nitrogen and oxygen atoms in total. The zero-order valence-electron chi connectivity index (χ0n) is 10.3. The van der Waals surface area contributed by atoms with Crippen molar-refractivity contribution in [2.24, 2.45) is 0 Å². The smallest absolute Gasteiger partial charge is 0.336 e. The van der Waals surface area contributed by atoms with E-state index in [1.807, 2.05) is 0 Å². The predicted octanol–water partition coefficient (Wildman–Crippen LogP) is 2.14. The molecule has 0 radical (unpaired) electrons. The van der Waals surface area contributed by atoms with Crippen LogP contribution in [0.15, 0.2) is 18.2 Å². The lowest BCUT2D eigenvalue weighted by atomic mass is 10.3. The topological polar surface area (TPSA) is 89.1 Å². The second-order valence-corrected chi connectivity index (χ2v) is 4.43. The Kier molecular flexibility index (Phi) is 4.65. The molecule has 1 aromatic carbocycles. The molecule has 0 aliphatic rings. The molecule has 1 aromatic heterocycles. The number of carbonyl (C=O) groups excluding carboxylic acids is 1. The molecule has 0 aliphatic heterocycles. The van der Waals surface area contributed by atoms with Crippen molar-refractivity contribution in [3.63, 3.8) is 0 Å². The summed E-state index contributed by atoms with van der Waals surface area (Å²) < 4.78 is 10.0. The molecule has 0 spiro atoms. The Bertz CT molecular complexity index is 617. The maximum Gasteiger partial charge on any atom is 0.336 e. The number of aromatic amines is 1. The monoisotopic (exact) mass is 316 g/mol. The summed E-state index contributed by atoms with van der Waals surface area (Å²) in [4.78, 5) is 15.5. The summed E-state index contributed by atoms with van der Waals surface area (Å²) in [5.41, 5.74) is 0. The molecule has 1 heterocycles. The minimum atomic E-state index is -0.421. The number of hydrogen-bond acceptors (Lipinski definition) is 5. The van der Waals surface area contributed by atoms with Crippen LogP contribution in [0.4, 0.5) is 5.95 Å². The van der Waals surface area contributed by atoms with Gasteiger partial charge < -0.3 is 9.47 Å². The van der Waals surface area contributed by atoms with E-state index < -0.39 is 5.91 Å². The molecule has 1 amide bonds. The van der Waals surface area contributed by atoms with E-state index in [4.69, 9.17) is 32.7 Å². The fourth-order valence-electron chi connectivity index (χ4n) is 1.30. The number of amides is 1. The van der Waals surface area contributed by atoms with Crippen molar-refractivity contribution in [3.8, 4) is 11.8 Å². The van der Waals surface area contributed by atoms with E-state index >= 15 is 0 Å². The van der Waals surface area contributed by atoms with Crippen LogP contribution in [0, 0.1) is 0 Å². The van der Waals surface area contributed by atoms with Crippen LogP contribution in [0.25, 0.3) is 0 Å². The Labute approximate surface area is 124 Å². The van der Waals surface area contributed by atoms with Gasteiger partial charge in [0.15, 0.2) is 6.61 Å². The Hall–Kier alpha value is -1.99. The lowest BCUT2D eigenvalue weighted by molar-refractivity contribution is -0.118. The Morgan fingerprint density at radius 2 is 2.25 bits per heavy atom. The lowest BCUT2D eigenvalue weighted by Crippen LogP contribution is -2.21. The summed E-state index contributed by atoms with van der Waals surface area (Å²) in [6.07, 6.45) is 0. The van der Waals surface area contributed by atoms with Crippen LogP contribution in [0.3, 0.4) is 0 Å². The highest BCUT2D eigenvalue weighted by atomic mass is 35.5. The number of halogens is 2. The maximum absolute atomic E-state index is 11.6. The van der Waals surface area contributed by atoms with Crippen molar-refractivity contribution in [1.82, 2.24) is 15.2 Å². The van der Waals surface area contributed by atoms with Gasteiger partial charge in [0, 0.05) is 5.02 Å². The number of anilines is 1. The highest BCUT2D eigenvalue weighted by Crippen LogP contribution is 2.27. The van der Waals surface area contributed by atoms with Gasteiger partial charge in [-0.05, 0) is 18.2 Å². The molecule has 9 heteroatoms. The molecule has 2 aromatic rings. The second-order valence-electron chi connectivity index (χ2n) is 3.58. The number of methoxy groups -OCH3 is 1. The minimum absolute atomic E-state index is 0.127. The number of aromatic nitrogens is 3. The van der Waals surface area contributed by atoms with E-state index in [1.165, 1.54) is 13.2 Å². The molecule has 0 atom stereocenters. The molecule has 0 fully saturated rings. The van der Waals surface area contributed by atoms with Crippen molar-refractivity contribution in [1.29, 1.82) is 0 Å². The number of H-pyrrole nitrogens is 1. The molecular weight excluding hydrogens is 307 g/mol. The SMILES string of the molecule is COc1n[nH]c(NC(=O)COc2ccc(Cl)cc2Cl)n1. The van der Waals surface area contributed by atoms with Crippen LogP contribution in [0.1, 0.15) is 0 Å². The minimum Gasteiger partial charge on any atom is -0.482 e. The van der Waals surface area contributed by atoms with Crippen LogP contribution < -0.4 is 14.8 Å². The number of ether oxygens (including phenoxy) is 2. The van der Waals surface area contributed by atoms with Crippen molar-refractivity contribution < 1.29 is 14.3 Å². The van der Waals surface area contributed by atoms with Gasteiger partial charge in [0.25, 0.3) is 5.91 Å². The molecule has 2 rings (SSSR count). The summed E-state index contributed by atoms with van der Waals surface area (Å²) in [7, 11) is 1.42. The Balaban J connectivity index is 1.88. The van der Waals surface area contributed by atoms with Crippen molar-refractivity contribution in [3.05, 3.63) is 28.2 Å². The van der Waals surface area contributed by atoms with Gasteiger partial charge in [-0.1, -0.05) is 23.2 Å². The van der Waals surface area contributed by atoms with Gasteiger partial charge in [-0.2, -0.15) is 4.98 Å². The van der Waals surface area contributed by atoms with E-state index in [9.17, 15) is 4.79 Å². The van der Waals surface area contributed by atoms with Gasteiger partial charge in [0.2, 0.25) is 5.95 Å². The van der Waals surface area contributed by atoms with E-state index in [0.29, 0.717) is 15.8 Å². The van der Waals surface area contributed by atoms with Crippen LogP contribution in [0.2, 0.25) is 10.0 Å². The summed E-state index contributed by atoms with van der Waals surface area (Å²) in [6, 6.07) is 4.84. The summed E-state index contributed by atoms with van der Waals surface area (Å²) in [5, 5.41) is 9.44. The average Bonchev–Trinajstić information content (AvgIpc) is 2.85. The first-order valence-electron chi connectivity index (χ1n) is 5.42. The highest BCUT2D eigenvalue weighted by Gasteiger charge is 2.09. The second kappa shape index (κ2) is 6.44. The van der Waals surface area contributed by atoms with E-state index in [1.54, 1.807) is 12.1 Å². The van der Waals surface area contributed by atoms with Crippen LogP contribution >= 0.6 is 23.2 Å². The molecule has 0 unspecified atom stereocenters. The normalized spacial score (nSPS) is 10.2. The van der Waals surface area contributed by atoms with E-state index in [2.05, 4.69) is 20.5 Å². The summed E-state index contributed by atoms with van der Waals surface area (Å²) >= 11 is 11.7. The van der Waals surface area contributed by atoms with Gasteiger partial charge in [-0.3, -0.25) is 10.1 Å². The number of hydrogen-bond donors (Lipinski definition) is 2. The number of nitrogens with zero attached hydrogens (tertiary/aromatic N) is 2. The Morgan fingerprint density at radius 3 is 2.90 bits per heavy atom. The van der Waals surface area contributed by atoms with Crippen molar-refractivity contribution in [2.45, 2.75) is 0 Å². The molecule has 106 valence electrons. The predicted molar refractivity (Wildman–Crippen MR) is 73.5 cm³/mol. The molecule has 2 N–H and O–H groups in total. The molecule has 0 aliphatic carbocycles. The van der Waals surface area contributed by atoms with Crippen LogP contribution in [-0.2, 0) is 4.79 Å². The standard InChI is InChI=1S/C11H10Cl2N4O3/c1-19-11-15-10(16-17-11)14-9(18)5-20-8-3-2-6(12)4-7(8)13/h2-4H,5H2,1H3,(H2,14,15,16,17,18). The van der Waals surface area contributed by atoms with Gasteiger partial charge in [-0.25, -0.2) is 5.10 Å².